The molecule has 2 unspecified atom stereocenters. The molecule has 0 radical (unpaired) electrons. The van der Waals surface area contributed by atoms with E-state index >= 15 is 0 Å². The molecular weight excluding hydrogens is 266 g/mol. The van der Waals surface area contributed by atoms with Crippen LogP contribution in [0.1, 0.15) is 23.6 Å². The van der Waals surface area contributed by atoms with Gasteiger partial charge in [-0.05, 0) is 36.1 Å². The van der Waals surface area contributed by atoms with Crippen LogP contribution in [0.15, 0.2) is 53.4 Å². The van der Waals surface area contributed by atoms with Gasteiger partial charge >= 0.3 is 0 Å². The first-order valence-electron chi connectivity index (χ1n) is 6.92. The summed E-state index contributed by atoms with van der Waals surface area (Å²) in [4.78, 5) is 1.18. The standard InChI is InChI=1S/C17H19NOS/c1-19-14-8-4-5-9-15(14)20-16-11-10-12-6-2-3-7-13(12)17(16)18/h2-9,16-17H,10-11,18H2,1H3. The molecule has 0 aliphatic heterocycles. The van der Waals surface area contributed by atoms with Crippen molar-refractivity contribution in [3.8, 4) is 5.75 Å². The van der Waals surface area contributed by atoms with Crippen LogP contribution in [0, 0.1) is 0 Å². The van der Waals surface area contributed by atoms with E-state index in [1.54, 1.807) is 7.11 Å². The molecule has 104 valence electrons. The largest absolute Gasteiger partial charge is 0.496 e. The molecule has 1 aliphatic rings. The van der Waals surface area contributed by atoms with Crippen molar-refractivity contribution in [2.24, 2.45) is 5.73 Å². The van der Waals surface area contributed by atoms with Gasteiger partial charge in [-0.1, -0.05) is 36.4 Å². The third-order valence-electron chi connectivity index (χ3n) is 3.86. The highest BCUT2D eigenvalue weighted by molar-refractivity contribution is 8.00. The average Bonchev–Trinajstić information content (AvgIpc) is 2.51. The number of fused-ring (bicyclic) bond motifs is 1. The SMILES string of the molecule is COc1ccccc1SC1CCc2ccccc2C1N. The molecule has 0 heterocycles. The van der Waals surface area contributed by atoms with Crippen molar-refractivity contribution < 1.29 is 4.74 Å². The van der Waals surface area contributed by atoms with Crippen molar-refractivity contribution in [3.05, 3.63) is 59.7 Å². The first kappa shape index (κ1) is 13.5. The molecule has 3 heteroatoms. The Hall–Kier alpha value is -1.45. The lowest BCUT2D eigenvalue weighted by Crippen LogP contribution is -2.29. The third kappa shape index (κ3) is 2.56. The average molecular weight is 285 g/mol. The fourth-order valence-electron chi connectivity index (χ4n) is 2.78. The van der Waals surface area contributed by atoms with Crippen molar-refractivity contribution in [2.45, 2.75) is 29.0 Å². The van der Waals surface area contributed by atoms with E-state index in [-0.39, 0.29) is 6.04 Å². The van der Waals surface area contributed by atoms with Crippen molar-refractivity contribution in [1.82, 2.24) is 0 Å². The molecule has 2 aromatic rings. The Bertz CT molecular complexity index is 599. The quantitative estimate of drug-likeness (QED) is 0.931. The van der Waals surface area contributed by atoms with E-state index in [0.717, 1.165) is 18.6 Å². The molecule has 0 aromatic heterocycles. The summed E-state index contributed by atoms with van der Waals surface area (Å²) in [5.74, 6) is 0.934. The second kappa shape index (κ2) is 5.90. The van der Waals surface area contributed by atoms with E-state index in [0.29, 0.717) is 5.25 Å². The van der Waals surface area contributed by atoms with Crippen LogP contribution in [-0.4, -0.2) is 12.4 Å². The van der Waals surface area contributed by atoms with E-state index in [9.17, 15) is 0 Å². The van der Waals surface area contributed by atoms with Gasteiger partial charge in [0, 0.05) is 16.2 Å². The van der Waals surface area contributed by atoms with Gasteiger partial charge < -0.3 is 10.5 Å². The van der Waals surface area contributed by atoms with E-state index in [1.807, 2.05) is 30.0 Å². The van der Waals surface area contributed by atoms with Crippen LogP contribution in [0.25, 0.3) is 0 Å². The number of hydrogen-bond donors (Lipinski definition) is 1. The third-order valence-corrected chi connectivity index (χ3v) is 5.28. The topological polar surface area (TPSA) is 35.2 Å². The van der Waals surface area contributed by atoms with Gasteiger partial charge in [0.05, 0.1) is 7.11 Å². The Balaban J connectivity index is 1.83. The minimum absolute atomic E-state index is 0.0925. The Morgan fingerprint density at radius 2 is 1.85 bits per heavy atom. The van der Waals surface area contributed by atoms with Gasteiger partial charge in [-0.15, -0.1) is 11.8 Å². The van der Waals surface area contributed by atoms with Crippen molar-refractivity contribution in [3.63, 3.8) is 0 Å². The Morgan fingerprint density at radius 1 is 1.10 bits per heavy atom. The Labute approximate surface area is 124 Å². The Kier molecular flexibility index (Phi) is 3.99. The number of nitrogens with two attached hydrogens (primary N) is 1. The lowest BCUT2D eigenvalue weighted by atomic mass is 9.88. The lowest BCUT2D eigenvalue weighted by Gasteiger charge is -2.30. The predicted octanol–water partition coefficient (Wildman–Crippen LogP) is 3.80. The lowest BCUT2D eigenvalue weighted by molar-refractivity contribution is 0.404. The molecule has 0 bridgehead atoms. The maximum Gasteiger partial charge on any atom is 0.132 e. The van der Waals surface area contributed by atoms with Crippen LogP contribution in [-0.2, 0) is 6.42 Å². The Morgan fingerprint density at radius 3 is 2.70 bits per heavy atom. The minimum Gasteiger partial charge on any atom is -0.496 e. The predicted molar refractivity (Wildman–Crippen MR) is 84.3 cm³/mol. The molecule has 1 aliphatic carbocycles. The molecule has 3 rings (SSSR count). The van der Waals surface area contributed by atoms with Gasteiger partial charge in [0.2, 0.25) is 0 Å². The summed E-state index contributed by atoms with van der Waals surface area (Å²) in [5.41, 5.74) is 9.17. The van der Waals surface area contributed by atoms with E-state index in [2.05, 4.69) is 30.3 Å². The first-order chi connectivity index (χ1) is 9.79. The minimum atomic E-state index is 0.0925. The number of rotatable bonds is 3. The van der Waals surface area contributed by atoms with Crippen molar-refractivity contribution in [2.75, 3.05) is 7.11 Å². The summed E-state index contributed by atoms with van der Waals surface area (Å²) in [5, 5.41) is 0.404. The highest BCUT2D eigenvalue weighted by atomic mass is 32.2. The second-order valence-electron chi connectivity index (χ2n) is 5.07. The molecule has 2 nitrogen and oxygen atoms in total. The first-order valence-corrected chi connectivity index (χ1v) is 7.80. The molecular formula is C17H19NOS. The van der Waals surface area contributed by atoms with Crippen LogP contribution >= 0.6 is 11.8 Å². The van der Waals surface area contributed by atoms with E-state index in [4.69, 9.17) is 10.5 Å². The zero-order valence-corrected chi connectivity index (χ0v) is 12.4. The molecule has 0 amide bonds. The van der Waals surface area contributed by atoms with Crippen LogP contribution in [0.5, 0.6) is 5.75 Å². The molecule has 2 atom stereocenters. The number of thioether (sulfide) groups is 1. The molecule has 0 fully saturated rings. The molecule has 2 N–H and O–H groups in total. The monoisotopic (exact) mass is 285 g/mol. The molecule has 0 saturated carbocycles. The number of hydrogen-bond acceptors (Lipinski definition) is 3. The van der Waals surface area contributed by atoms with Crippen molar-refractivity contribution in [1.29, 1.82) is 0 Å². The maximum absolute atomic E-state index is 6.47. The highest BCUT2D eigenvalue weighted by Crippen LogP contribution is 2.41. The normalized spacial score (nSPS) is 21.3. The van der Waals surface area contributed by atoms with Gasteiger partial charge in [-0.2, -0.15) is 0 Å². The van der Waals surface area contributed by atoms with E-state index < -0.39 is 0 Å². The highest BCUT2D eigenvalue weighted by Gasteiger charge is 2.27. The zero-order chi connectivity index (χ0) is 13.9. The van der Waals surface area contributed by atoms with Crippen LogP contribution in [0.3, 0.4) is 0 Å². The fourth-order valence-corrected chi connectivity index (χ4v) is 4.06. The summed E-state index contributed by atoms with van der Waals surface area (Å²) in [6.45, 7) is 0. The molecule has 0 saturated heterocycles. The van der Waals surface area contributed by atoms with Gasteiger partial charge in [0.15, 0.2) is 0 Å². The molecule has 0 spiro atoms. The maximum atomic E-state index is 6.47. The summed E-state index contributed by atoms with van der Waals surface area (Å²) in [6.07, 6.45) is 2.22. The number of ether oxygens (including phenoxy) is 1. The number of methoxy groups -OCH3 is 1. The summed E-state index contributed by atoms with van der Waals surface area (Å²) in [6, 6.07) is 16.8. The van der Waals surface area contributed by atoms with Gasteiger partial charge in [-0.3, -0.25) is 0 Å². The van der Waals surface area contributed by atoms with Crippen molar-refractivity contribution >= 4 is 11.8 Å². The van der Waals surface area contributed by atoms with Gasteiger partial charge in [-0.25, -0.2) is 0 Å². The number of para-hydroxylation sites is 1. The zero-order valence-electron chi connectivity index (χ0n) is 11.6. The van der Waals surface area contributed by atoms with Crippen LogP contribution in [0.2, 0.25) is 0 Å². The molecule has 20 heavy (non-hydrogen) atoms. The van der Waals surface area contributed by atoms with E-state index in [1.165, 1.54) is 16.0 Å². The number of benzene rings is 2. The fraction of sp³-hybridized carbons (Fsp3) is 0.294. The smallest absolute Gasteiger partial charge is 0.132 e. The van der Waals surface area contributed by atoms with Gasteiger partial charge in [0.25, 0.3) is 0 Å². The molecule has 2 aromatic carbocycles. The number of aryl methyl sites for hydroxylation is 1. The van der Waals surface area contributed by atoms with Gasteiger partial charge in [0.1, 0.15) is 5.75 Å². The summed E-state index contributed by atoms with van der Waals surface area (Å²) < 4.78 is 5.43. The van der Waals surface area contributed by atoms with Crippen LogP contribution < -0.4 is 10.5 Å². The second-order valence-corrected chi connectivity index (χ2v) is 6.35. The summed E-state index contributed by atoms with van der Waals surface area (Å²) >= 11 is 1.84. The summed E-state index contributed by atoms with van der Waals surface area (Å²) in [7, 11) is 1.72. The van der Waals surface area contributed by atoms with Crippen LogP contribution in [0.4, 0.5) is 0 Å².